The maximum atomic E-state index is 12.2. The second kappa shape index (κ2) is 5.39. The summed E-state index contributed by atoms with van der Waals surface area (Å²) >= 11 is 0. The van der Waals surface area contributed by atoms with Gasteiger partial charge in [0.05, 0.1) is 10.5 Å². The Morgan fingerprint density at radius 3 is 2.35 bits per heavy atom. The van der Waals surface area contributed by atoms with E-state index < -0.39 is 32.9 Å². The summed E-state index contributed by atoms with van der Waals surface area (Å²) in [6, 6.07) is 3.00. The minimum atomic E-state index is -3.95. The van der Waals surface area contributed by atoms with Gasteiger partial charge in [-0.15, -0.1) is 0 Å². The number of carboxylic acids is 1. The molecule has 8 heteroatoms. The fourth-order valence-corrected chi connectivity index (χ4v) is 3.01. The van der Waals surface area contributed by atoms with Crippen molar-refractivity contribution in [2.24, 2.45) is 0 Å². The van der Waals surface area contributed by atoms with Crippen LogP contribution in [0.2, 0.25) is 0 Å². The Balaban J connectivity index is 3.23. The number of carbonyl (C=O) groups is 1. The van der Waals surface area contributed by atoms with Gasteiger partial charge < -0.3 is 15.3 Å². The highest BCUT2D eigenvalue weighted by Gasteiger charge is 2.27. The van der Waals surface area contributed by atoms with Crippen molar-refractivity contribution >= 4 is 16.0 Å². The highest BCUT2D eigenvalue weighted by atomic mass is 32.2. The number of aliphatic hydroxyl groups is 1. The number of nitrogens with zero attached hydrogens (tertiary/aromatic N) is 1. The second-order valence-corrected chi connectivity index (χ2v) is 7.10. The Kier molecular flexibility index (Phi) is 4.42. The number of sulfonamides is 1. The first-order valence-corrected chi connectivity index (χ1v) is 7.14. The lowest BCUT2D eigenvalue weighted by Crippen LogP contribution is -2.39. The van der Waals surface area contributed by atoms with Gasteiger partial charge in [-0.3, -0.25) is 0 Å². The van der Waals surface area contributed by atoms with Crippen molar-refractivity contribution in [3.63, 3.8) is 0 Å². The molecular weight excluding hydrogens is 286 g/mol. The molecule has 0 aliphatic heterocycles. The summed E-state index contributed by atoms with van der Waals surface area (Å²) in [7, 11) is -2.67. The average Bonchev–Trinajstić information content (AvgIpc) is 2.26. The molecule has 0 amide bonds. The average molecular weight is 303 g/mol. The van der Waals surface area contributed by atoms with Crippen LogP contribution in [0.5, 0.6) is 5.75 Å². The molecule has 0 atom stereocenters. The van der Waals surface area contributed by atoms with E-state index in [4.69, 9.17) is 5.11 Å². The van der Waals surface area contributed by atoms with Gasteiger partial charge in [0, 0.05) is 13.6 Å². The summed E-state index contributed by atoms with van der Waals surface area (Å²) < 4.78 is 25.4. The van der Waals surface area contributed by atoms with Gasteiger partial charge in [0.25, 0.3) is 0 Å². The first-order valence-electron chi connectivity index (χ1n) is 5.70. The maximum Gasteiger partial charge on any atom is 0.339 e. The smallest absolute Gasteiger partial charge is 0.339 e. The molecule has 0 saturated carbocycles. The molecule has 0 saturated heterocycles. The Morgan fingerprint density at radius 2 is 1.90 bits per heavy atom. The normalized spacial score (nSPS) is 12.7. The zero-order valence-corrected chi connectivity index (χ0v) is 12.2. The van der Waals surface area contributed by atoms with E-state index in [2.05, 4.69) is 0 Å². The van der Waals surface area contributed by atoms with Crippen LogP contribution in [0.25, 0.3) is 0 Å². The first-order chi connectivity index (χ1) is 8.95. The number of likely N-dealkylation sites (N-methyl/N-ethyl adjacent to an activating group) is 1. The lowest BCUT2D eigenvalue weighted by atomic mass is 10.1. The molecule has 0 aliphatic carbocycles. The summed E-state index contributed by atoms with van der Waals surface area (Å²) in [6.45, 7) is 2.76. The molecule has 1 rings (SSSR count). The summed E-state index contributed by atoms with van der Waals surface area (Å²) in [6.07, 6.45) is 0. The SMILES string of the molecule is CN(CC(C)(C)O)S(=O)(=O)c1ccc(O)c(C(=O)O)c1. The van der Waals surface area contributed by atoms with Crippen molar-refractivity contribution in [1.82, 2.24) is 4.31 Å². The third-order valence-corrected chi connectivity index (χ3v) is 4.32. The van der Waals surface area contributed by atoms with Crippen LogP contribution < -0.4 is 0 Å². The van der Waals surface area contributed by atoms with E-state index in [0.29, 0.717) is 0 Å². The molecule has 20 heavy (non-hydrogen) atoms. The molecule has 0 spiro atoms. The minimum Gasteiger partial charge on any atom is -0.507 e. The Hall–Kier alpha value is -1.64. The molecule has 3 N–H and O–H groups in total. The quantitative estimate of drug-likeness (QED) is 0.729. The van der Waals surface area contributed by atoms with E-state index in [0.717, 1.165) is 22.5 Å². The van der Waals surface area contributed by atoms with Gasteiger partial charge in [-0.1, -0.05) is 0 Å². The summed E-state index contributed by atoms with van der Waals surface area (Å²) in [5.74, 6) is -1.94. The lowest BCUT2D eigenvalue weighted by molar-refractivity contribution is 0.0638. The van der Waals surface area contributed by atoms with Gasteiger partial charge >= 0.3 is 5.97 Å². The molecule has 0 unspecified atom stereocenters. The van der Waals surface area contributed by atoms with Crippen LogP contribution in [0, 0.1) is 0 Å². The molecule has 112 valence electrons. The summed E-state index contributed by atoms with van der Waals surface area (Å²) in [5.41, 5.74) is -1.73. The van der Waals surface area contributed by atoms with Crippen LogP contribution in [-0.4, -0.2) is 53.2 Å². The largest absolute Gasteiger partial charge is 0.507 e. The van der Waals surface area contributed by atoms with Crippen molar-refractivity contribution in [3.8, 4) is 5.75 Å². The van der Waals surface area contributed by atoms with Gasteiger partial charge in [0.1, 0.15) is 11.3 Å². The third-order valence-electron chi connectivity index (χ3n) is 2.52. The predicted molar refractivity (Wildman–Crippen MR) is 71.2 cm³/mol. The molecule has 0 heterocycles. The standard InChI is InChI=1S/C12H17NO6S/c1-12(2,17)7-13(3)20(18,19)8-4-5-10(14)9(6-8)11(15)16/h4-6,14,17H,7H2,1-3H3,(H,15,16). The zero-order valence-electron chi connectivity index (χ0n) is 11.4. The van der Waals surface area contributed by atoms with Gasteiger partial charge in [-0.2, -0.15) is 4.31 Å². The molecule has 1 aromatic carbocycles. The van der Waals surface area contributed by atoms with Crippen LogP contribution in [-0.2, 0) is 10.0 Å². The monoisotopic (exact) mass is 303 g/mol. The molecule has 0 aromatic heterocycles. The van der Waals surface area contributed by atoms with E-state index in [-0.39, 0.29) is 11.4 Å². The van der Waals surface area contributed by atoms with E-state index in [1.54, 1.807) is 0 Å². The van der Waals surface area contributed by atoms with Crippen LogP contribution in [0.1, 0.15) is 24.2 Å². The van der Waals surface area contributed by atoms with Crippen LogP contribution in [0.4, 0.5) is 0 Å². The topological polar surface area (TPSA) is 115 Å². The van der Waals surface area contributed by atoms with Gasteiger partial charge in [0.15, 0.2) is 0 Å². The van der Waals surface area contributed by atoms with E-state index in [1.165, 1.54) is 20.9 Å². The number of rotatable bonds is 5. The van der Waals surface area contributed by atoms with Crippen LogP contribution >= 0.6 is 0 Å². The van der Waals surface area contributed by atoms with Crippen molar-refractivity contribution in [2.75, 3.05) is 13.6 Å². The number of hydrogen-bond donors (Lipinski definition) is 3. The fourth-order valence-electron chi connectivity index (χ4n) is 1.66. The highest BCUT2D eigenvalue weighted by Crippen LogP contribution is 2.23. The molecule has 0 radical (unpaired) electrons. The van der Waals surface area contributed by atoms with Crippen LogP contribution in [0.15, 0.2) is 23.1 Å². The van der Waals surface area contributed by atoms with E-state index in [1.807, 2.05) is 0 Å². The van der Waals surface area contributed by atoms with E-state index in [9.17, 15) is 23.4 Å². The van der Waals surface area contributed by atoms with Gasteiger partial charge in [-0.05, 0) is 32.0 Å². The zero-order chi connectivity index (χ0) is 15.7. The molecule has 0 aliphatic rings. The number of hydrogen-bond acceptors (Lipinski definition) is 5. The number of aromatic carboxylic acids is 1. The second-order valence-electron chi connectivity index (χ2n) is 5.06. The molecule has 7 nitrogen and oxygen atoms in total. The summed E-state index contributed by atoms with van der Waals surface area (Å²) in [5, 5.41) is 27.9. The lowest BCUT2D eigenvalue weighted by Gasteiger charge is -2.25. The number of carboxylic acid groups (broad SMARTS) is 1. The van der Waals surface area contributed by atoms with Crippen molar-refractivity contribution in [1.29, 1.82) is 0 Å². The highest BCUT2D eigenvalue weighted by molar-refractivity contribution is 7.89. The maximum absolute atomic E-state index is 12.2. The van der Waals surface area contributed by atoms with Gasteiger partial charge in [-0.25, -0.2) is 13.2 Å². The Labute approximate surface area is 117 Å². The Bertz CT molecular complexity index is 617. The molecule has 1 aromatic rings. The summed E-state index contributed by atoms with van der Waals surface area (Å²) in [4.78, 5) is 10.6. The first kappa shape index (κ1) is 16.4. The van der Waals surface area contributed by atoms with Gasteiger partial charge in [0.2, 0.25) is 10.0 Å². The molecule has 0 bridgehead atoms. The Morgan fingerprint density at radius 1 is 1.35 bits per heavy atom. The minimum absolute atomic E-state index is 0.154. The third kappa shape index (κ3) is 3.69. The van der Waals surface area contributed by atoms with Crippen molar-refractivity contribution < 1.29 is 28.5 Å². The number of benzene rings is 1. The number of phenols is 1. The van der Waals surface area contributed by atoms with E-state index >= 15 is 0 Å². The molecule has 0 fully saturated rings. The van der Waals surface area contributed by atoms with Crippen molar-refractivity contribution in [2.45, 2.75) is 24.3 Å². The molecular formula is C12H17NO6S. The van der Waals surface area contributed by atoms with Crippen molar-refractivity contribution in [3.05, 3.63) is 23.8 Å². The fraction of sp³-hybridized carbons (Fsp3) is 0.417. The van der Waals surface area contributed by atoms with Crippen LogP contribution in [0.3, 0.4) is 0 Å². The number of aromatic hydroxyl groups is 1. The predicted octanol–water partition coefficient (Wildman–Crippen LogP) is 0.482.